The highest BCUT2D eigenvalue weighted by Gasteiger charge is 2.25. The predicted octanol–water partition coefficient (Wildman–Crippen LogP) is 2.22. The summed E-state index contributed by atoms with van der Waals surface area (Å²) in [6, 6.07) is 11.4. The molecule has 0 aliphatic carbocycles. The molecule has 9 heteroatoms. The highest BCUT2D eigenvalue weighted by Crippen LogP contribution is 2.15. The van der Waals surface area contributed by atoms with Gasteiger partial charge in [0.05, 0.1) is 4.90 Å². The molecule has 0 bridgehead atoms. The van der Waals surface area contributed by atoms with E-state index in [0.717, 1.165) is 5.56 Å². The molecule has 0 radical (unpaired) electrons. The first-order chi connectivity index (χ1) is 14.7. The van der Waals surface area contributed by atoms with Crippen molar-refractivity contribution in [1.29, 1.82) is 0 Å². The number of carbonyl (C=O) groups is 2. The summed E-state index contributed by atoms with van der Waals surface area (Å²) in [5.41, 5.74) is 1.52. The number of likely N-dealkylation sites (N-methyl/N-ethyl adjacent to an activating group) is 1. The van der Waals surface area contributed by atoms with Crippen molar-refractivity contribution in [1.82, 2.24) is 14.9 Å². The number of sulfonamides is 1. The zero-order valence-corrected chi connectivity index (χ0v) is 18.7. The Balaban J connectivity index is 2.10. The second kappa shape index (κ2) is 11.0. The first-order valence-corrected chi connectivity index (χ1v) is 11.5. The maximum Gasteiger partial charge on any atom is 0.242 e. The number of amides is 2. The Morgan fingerprint density at radius 2 is 1.61 bits per heavy atom. The molecule has 0 aliphatic rings. The van der Waals surface area contributed by atoms with Crippen LogP contribution < -0.4 is 10.0 Å². The van der Waals surface area contributed by atoms with Gasteiger partial charge in [-0.3, -0.25) is 9.59 Å². The Morgan fingerprint density at radius 3 is 2.16 bits per heavy atom. The van der Waals surface area contributed by atoms with Gasteiger partial charge in [0.2, 0.25) is 21.8 Å². The summed E-state index contributed by atoms with van der Waals surface area (Å²) < 4.78 is 39.7. The summed E-state index contributed by atoms with van der Waals surface area (Å²) in [5.74, 6) is -0.904. The molecule has 1 unspecified atom stereocenters. The lowest BCUT2D eigenvalue weighted by molar-refractivity contribution is -0.140. The maximum atomic E-state index is 13.2. The number of aryl methyl sites for hydroxylation is 1. The zero-order valence-electron chi connectivity index (χ0n) is 17.9. The van der Waals surface area contributed by atoms with Crippen LogP contribution in [0, 0.1) is 5.82 Å². The fraction of sp³-hybridized carbons (Fsp3) is 0.364. The van der Waals surface area contributed by atoms with Gasteiger partial charge < -0.3 is 10.2 Å². The quantitative estimate of drug-likeness (QED) is 0.581. The minimum Gasteiger partial charge on any atom is -0.357 e. The lowest BCUT2D eigenvalue weighted by Gasteiger charge is -2.28. The van der Waals surface area contributed by atoms with E-state index in [1.54, 1.807) is 38.1 Å². The number of halogens is 1. The van der Waals surface area contributed by atoms with Crippen LogP contribution in [0.25, 0.3) is 0 Å². The van der Waals surface area contributed by atoms with Crippen molar-refractivity contribution in [2.24, 2.45) is 0 Å². The van der Waals surface area contributed by atoms with Crippen molar-refractivity contribution in [2.45, 2.75) is 44.2 Å². The molecule has 2 aromatic rings. The molecule has 7 nitrogen and oxygen atoms in total. The van der Waals surface area contributed by atoms with Crippen LogP contribution in [-0.2, 0) is 32.6 Å². The number of nitrogens with one attached hydrogen (secondary N) is 2. The minimum atomic E-state index is -3.53. The second-order valence-electron chi connectivity index (χ2n) is 7.08. The summed E-state index contributed by atoms with van der Waals surface area (Å²) in [6.07, 6.45) is 0.530. The molecule has 0 saturated carbocycles. The molecule has 2 rings (SSSR count). The predicted molar refractivity (Wildman–Crippen MR) is 116 cm³/mol. The van der Waals surface area contributed by atoms with Crippen molar-refractivity contribution in [3.05, 3.63) is 65.5 Å². The Morgan fingerprint density at radius 1 is 1.03 bits per heavy atom. The summed E-state index contributed by atoms with van der Waals surface area (Å²) in [7, 11) is -2.03. The molecule has 1 atom stereocenters. The van der Waals surface area contributed by atoms with Crippen LogP contribution in [0.5, 0.6) is 0 Å². The van der Waals surface area contributed by atoms with Gasteiger partial charge in [-0.2, -0.15) is 0 Å². The third kappa shape index (κ3) is 6.86. The largest absolute Gasteiger partial charge is 0.357 e. The fourth-order valence-corrected chi connectivity index (χ4v) is 4.12. The molecule has 2 amide bonds. The van der Waals surface area contributed by atoms with Crippen LogP contribution in [0.3, 0.4) is 0 Å². The van der Waals surface area contributed by atoms with Gasteiger partial charge in [0.15, 0.2) is 0 Å². The van der Waals surface area contributed by atoms with Crippen molar-refractivity contribution in [3.8, 4) is 0 Å². The lowest BCUT2D eigenvalue weighted by Crippen LogP contribution is -2.46. The molecular formula is C22H28FN3O4S. The van der Waals surface area contributed by atoms with E-state index in [1.807, 2.05) is 0 Å². The van der Waals surface area contributed by atoms with Gasteiger partial charge in [0.1, 0.15) is 11.9 Å². The van der Waals surface area contributed by atoms with Crippen molar-refractivity contribution in [2.75, 3.05) is 13.6 Å². The van der Waals surface area contributed by atoms with Crippen molar-refractivity contribution in [3.63, 3.8) is 0 Å². The van der Waals surface area contributed by atoms with E-state index in [0.29, 0.717) is 18.5 Å². The molecule has 2 aromatic carbocycles. The molecule has 168 valence electrons. The summed E-state index contributed by atoms with van der Waals surface area (Å²) in [6.45, 7) is 3.81. The van der Waals surface area contributed by atoms with Crippen LogP contribution in [0.4, 0.5) is 4.39 Å². The number of hydrogen-bond donors (Lipinski definition) is 2. The average molecular weight is 450 g/mol. The van der Waals surface area contributed by atoms with Gasteiger partial charge in [0.25, 0.3) is 0 Å². The standard InChI is InChI=1S/C22H28FN3O4S/c1-4-25-31(29,30)20-12-7-17(8-13-20)9-14-21(27)26(16(2)22(28)24-3)15-18-5-10-19(23)11-6-18/h5-8,10-13,16,25H,4,9,14-15H2,1-3H3,(H,24,28). The van der Waals surface area contributed by atoms with E-state index < -0.39 is 16.1 Å². The maximum absolute atomic E-state index is 13.2. The van der Waals surface area contributed by atoms with E-state index in [4.69, 9.17) is 0 Å². The van der Waals surface area contributed by atoms with Crippen LogP contribution in [0.1, 0.15) is 31.4 Å². The van der Waals surface area contributed by atoms with E-state index in [9.17, 15) is 22.4 Å². The summed E-state index contributed by atoms with van der Waals surface area (Å²) in [4.78, 5) is 26.7. The van der Waals surface area contributed by atoms with E-state index in [2.05, 4.69) is 10.0 Å². The van der Waals surface area contributed by atoms with E-state index in [-0.39, 0.29) is 35.5 Å². The van der Waals surface area contributed by atoms with E-state index >= 15 is 0 Å². The SMILES string of the molecule is CCNS(=O)(=O)c1ccc(CCC(=O)N(Cc2ccc(F)cc2)C(C)C(=O)NC)cc1. The fourth-order valence-electron chi connectivity index (χ4n) is 3.08. The Bertz CT molecular complexity index is 992. The Kier molecular flexibility index (Phi) is 8.70. The molecule has 0 saturated heterocycles. The summed E-state index contributed by atoms with van der Waals surface area (Å²) in [5, 5.41) is 2.54. The van der Waals surface area contributed by atoms with E-state index in [1.165, 1.54) is 36.2 Å². The first-order valence-electron chi connectivity index (χ1n) is 10.0. The van der Waals surface area contributed by atoms with Crippen LogP contribution in [0.15, 0.2) is 53.4 Å². The third-order valence-corrected chi connectivity index (χ3v) is 6.44. The monoisotopic (exact) mass is 449 g/mol. The first kappa shape index (κ1) is 24.5. The molecule has 0 spiro atoms. The van der Waals surface area contributed by atoms with Gasteiger partial charge >= 0.3 is 0 Å². The smallest absolute Gasteiger partial charge is 0.242 e. The zero-order chi connectivity index (χ0) is 23.0. The molecule has 0 fully saturated rings. The minimum absolute atomic E-state index is 0.141. The number of carbonyl (C=O) groups excluding carboxylic acids is 2. The molecular weight excluding hydrogens is 421 g/mol. The molecule has 31 heavy (non-hydrogen) atoms. The van der Waals surface area contributed by atoms with Crippen LogP contribution in [0.2, 0.25) is 0 Å². The second-order valence-corrected chi connectivity index (χ2v) is 8.85. The molecule has 0 heterocycles. The van der Waals surface area contributed by atoms with Crippen LogP contribution in [-0.4, -0.2) is 44.8 Å². The van der Waals surface area contributed by atoms with Crippen molar-refractivity contribution < 1.29 is 22.4 Å². The number of hydrogen-bond acceptors (Lipinski definition) is 4. The molecule has 2 N–H and O–H groups in total. The molecule has 0 aliphatic heterocycles. The van der Waals surface area contributed by atoms with Gasteiger partial charge in [-0.05, 0) is 48.7 Å². The number of nitrogens with zero attached hydrogens (tertiary/aromatic N) is 1. The van der Waals surface area contributed by atoms with Crippen molar-refractivity contribution >= 4 is 21.8 Å². The highest BCUT2D eigenvalue weighted by molar-refractivity contribution is 7.89. The Labute approximate surface area is 182 Å². The lowest BCUT2D eigenvalue weighted by atomic mass is 10.1. The third-order valence-electron chi connectivity index (χ3n) is 4.88. The van der Waals surface area contributed by atoms with Gasteiger partial charge in [-0.25, -0.2) is 17.5 Å². The highest BCUT2D eigenvalue weighted by atomic mass is 32.2. The number of rotatable bonds is 10. The summed E-state index contributed by atoms with van der Waals surface area (Å²) >= 11 is 0. The van der Waals surface area contributed by atoms with Gasteiger partial charge in [0, 0.05) is 26.6 Å². The van der Waals surface area contributed by atoms with Crippen LogP contribution >= 0.6 is 0 Å². The topological polar surface area (TPSA) is 95.6 Å². The average Bonchev–Trinajstić information content (AvgIpc) is 2.76. The molecule has 0 aromatic heterocycles. The normalized spacial score (nSPS) is 12.3. The Hall–Kier alpha value is -2.78. The number of benzene rings is 2. The van der Waals surface area contributed by atoms with Gasteiger partial charge in [-0.1, -0.05) is 31.2 Å². The van der Waals surface area contributed by atoms with Gasteiger partial charge in [-0.15, -0.1) is 0 Å².